The smallest absolute Gasteiger partial charge is 0.355 e. The number of pyridine rings is 1. The predicted molar refractivity (Wildman–Crippen MR) is 111 cm³/mol. The second kappa shape index (κ2) is 7.98. The summed E-state index contributed by atoms with van der Waals surface area (Å²) in [4.78, 5) is 24.8. The van der Waals surface area contributed by atoms with Crippen molar-refractivity contribution >= 4 is 39.0 Å². The van der Waals surface area contributed by atoms with Gasteiger partial charge in [-0.25, -0.2) is 4.39 Å². The number of hydrogen-bond acceptors (Lipinski definition) is 4. The number of aromatic nitrogens is 3. The van der Waals surface area contributed by atoms with Gasteiger partial charge in [0.25, 0.3) is 5.56 Å². The van der Waals surface area contributed by atoms with Crippen molar-refractivity contribution in [3.8, 4) is 0 Å². The van der Waals surface area contributed by atoms with Crippen LogP contribution in [0.3, 0.4) is 0 Å². The zero-order chi connectivity index (χ0) is 23.0. The molecule has 0 bridgehead atoms. The van der Waals surface area contributed by atoms with Crippen molar-refractivity contribution in [2.24, 2.45) is 7.05 Å². The molecule has 1 amide bonds. The molecule has 4 rings (SSSR count). The van der Waals surface area contributed by atoms with Crippen LogP contribution in [-0.2, 0) is 18.4 Å². The van der Waals surface area contributed by atoms with Gasteiger partial charge in [0, 0.05) is 24.3 Å². The molecule has 11 heteroatoms. The monoisotopic (exact) mass is 447 g/mol. The molecule has 2 N–H and O–H groups in total. The van der Waals surface area contributed by atoms with E-state index in [0.29, 0.717) is 5.69 Å². The molecular weight excluding hydrogens is 430 g/mol. The fourth-order valence-electron chi connectivity index (χ4n) is 3.41. The Labute approximate surface area is 178 Å². The average Bonchev–Trinajstić information content (AvgIpc) is 3.08. The number of carbonyl (C=O) groups is 1. The number of alkyl halides is 3. The lowest BCUT2D eigenvalue weighted by molar-refractivity contribution is -0.138. The zero-order valence-electron chi connectivity index (χ0n) is 16.7. The first-order valence-electron chi connectivity index (χ1n) is 9.46. The average molecular weight is 447 g/mol. The van der Waals surface area contributed by atoms with Crippen LogP contribution in [0, 0.1) is 5.82 Å². The Bertz CT molecular complexity index is 1390. The van der Waals surface area contributed by atoms with Crippen molar-refractivity contribution in [2.75, 3.05) is 11.9 Å². The molecule has 0 aliphatic rings. The van der Waals surface area contributed by atoms with Crippen molar-refractivity contribution in [1.29, 1.82) is 0 Å². The Morgan fingerprint density at radius 2 is 1.91 bits per heavy atom. The molecule has 0 saturated carbocycles. The number of halogens is 4. The van der Waals surface area contributed by atoms with Crippen LogP contribution in [0.15, 0.2) is 53.6 Å². The van der Waals surface area contributed by atoms with Gasteiger partial charge in [-0.05, 0) is 41.8 Å². The fourth-order valence-corrected chi connectivity index (χ4v) is 3.41. The number of benzene rings is 2. The minimum absolute atomic E-state index is 0.101. The largest absolute Gasteiger partial charge is 0.405 e. The SMILES string of the molecule is Cn1ncc2cc(Nc3cc(F)cc4ccn(CC(=O)NCC(F)(F)F)c(=O)c34)ccc21. The molecule has 4 aromatic rings. The van der Waals surface area contributed by atoms with E-state index in [9.17, 15) is 27.2 Å². The van der Waals surface area contributed by atoms with Gasteiger partial charge >= 0.3 is 6.18 Å². The molecule has 2 heterocycles. The lowest BCUT2D eigenvalue weighted by Crippen LogP contribution is -2.37. The van der Waals surface area contributed by atoms with Gasteiger partial charge in [-0.15, -0.1) is 0 Å². The highest BCUT2D eigenvalue weighted by Crippen LogP contribution is 2.27. The van der Waals surface area contributed by atoms with Crippen LogP contribution < -0.4 is 16.2 Å². The number of hydrogen-bond donors (Lipinski definition) is 2. The van der Waals surface area contributed by atoms with Crippen LogP contribution in [0.5, 0.6) is 0 Å². The molecule has 0 atom stereocenters. The Balaban J connectivity index is 1.69. The summed E-state index contributed by atoms with van der Waals surface area (Å²) < 4.78 is 53.8. The number of carbonyl (C=O) groups excluding carboxylic acids is 1. The van der Waals surface area contributed by atoms with Crippen molar-refractivity contribution in [3.05, 3.63) is 65.0 Å². The van der Waals surface area contributed by atoms with Crippen LogP contribution in [0.1, 0.15) is 0 Å². The van der Waals surface area contributed by atoms with Gasteiger partial charge in [0.05, 0.1) is 22.8 Å². The maximum atomic E-state index is 14.2. The van der Waals surface area contributed by atoms with Gasteiger partial charge < -0.3 is 15.2 Å². The summed E-state index contributed by atoms with van der Waals surface area (Å²) in [5.41, 5.74) is 0.981. The first kappa shape index (κ1) is 21.3. The number of amides is 1. The van der Waals surface area contributed by atoms with Gasteiger partial charge in [0.1, 0.15) is 18.9 Å². The number of nitrogens with one attached hydrogen (secondary N) is 2. The van der Waals surface area contributed by atoms with E-state index in [2.05, 4.69) is 10.4 Å². The molecule has 7 nitrogen and oxygen atoms in total. The summed E-state index contributed by atoms with van der Waals surface area (Å²) >= 11 is 0. The van der Waals surface area contributed by atoms with Crippen molar-refractivity contribution in [2.45, 2.75) is 12.7 Å². The second-order valence-corrected chi connectivity index (χ2v) is 7.23. The number of fused-ring (bicyclic) bond motifs is 2. The molecule has 0 spiro atoms. The maximum absolute atomic E-state index is 14.2. The standard InChI is InChI=1S/C21H17F4N5O2/c1-29-17-3-2-15(7-13(17)9-27-29)28-16-8-14(22)6-12-4-5-30(20(32)19(12)16)10-18(31)26-11-21(23,24)25/h2-9,28H,10-11H2,1H3,(H,26,31). The highest BCUT2D eigenvalue weighted by molar-refractivity contribution is 5.95. The van der Waals surface area contributed by atoms with Crippen molar-refractivity contribution in [1.82, 2.24) is 19.7 Å². The topological polar surface area (TPSA) is 81.0 Å². The van der Waals surface area contributed by atoms with E-state index >= 15 is 0 Å². The quantitative estimate of drug-likeness (QED) is 0.460. The molecule has 0 radical (unpaired) electrons. The van der Waals surface area contributed by atoms with E-state index in [0.717, 1.165) is 21.5 Å². The third-order valence-corrected chi connectivity index (χ3v) is 4.87. The number of anilines is 2. The van der Waals surface area contributed by atoms with Gasteiger partial charge in [0.15, 0.2) is 0 Å². The van der Waals surface area contributed by atoms with Gasteiger partial charge in [-0.2, -0.15) is 18.3 Å². The molecular formula is C21H17F4N5O2. The van der Waals surface area contributed by atoms with Crippen molar-refractivity contribution in [3.63, 3.8) is 0 Å². The highest BCUT2D eigenvalue weighted by atomic mass is 19.4. The lowest BCUT2D eigenvalue weighted by Gasteiger charge is -2.13. The minimum atomic E-state index is -4.56. The summed E-state index contributed by atoms with van der Waals surface area (Å²) in [6.07, 6.45) is -1.66. The molecule has 2 aromatic heterocycles. The molecule has 0 unspecified atom stereocenters. The summed E-state index contributed by atoms with van der Waals surface area (Å²) in [6, 6.07) is 9.07. The Kier molecular flexibility index (Phi) is 5.33. The minimum Gasteiger partial charge on any atom is -0.355 e. The summed E-state index contributed by atoms with van der Waals surface area (Å²) in [7, 11) is 1.79. The Morgan fingerprint density at radius 1 is 1.12 bits per heavy atom. The molecule has 2 aromatic carbocycles. The molecule has 0 fully saturated rings. The second-order valence-electron chi connectivity index (χ2n) is 7.23. The molecule has 166 valence electrons. The normalized spacial score (nSPS) is 11.8. The summed E-state index contributed by atoms with van der Waals surface area (Å²) in [5, 5.41) is 10.1. The zero-order valence-corrected chi connectivity index (χ0v) is 16.7. The van der Waals surface area contributed by atoms with E-state index in [4.69, 9.17) is 0 Å². The number of nitrogens with zero attached hydrogens (tertiary/aromatic N) is 3. The number of aryl methyl sites for hydroxylation is 1. The third-order valence-electron chi connectivity index (χ3n) is 4.87. The molecule has 0 aliphatic carbocycles. The molecule has 0 saturated heterocycles. The molecule has 32 heavy (non-hydrogen) atoms. The van der Waals surface area contributed by atoms with Crippen LogP contribution in [0.25, 0.3) is 21.7 Å². The predicted octanol–water partition coefficient (Wildman–Crippen LogP) is 3.45. The van der Waals surface area contributed by atoms with Crippen LogP contribution in [0.4, 0.5) is 28.9 Å². The van der Waals surface area contributed by atoms with E-state index in [-0.39, 0.29) is 16.5 Å². The van der Waals surface area contributed by atoms with E-state index in [1.54, 1.807) is 35.4 Å². The van der Waals surface area contributed by atoms with E-state index in [1.165, 1.54) is 18.3 Å². The first-order chi connectivity index (χ1) is 15.1. The van der Waals surface area contributed by atoms with Crippen LogP contribution >= 0.6 is 0 Å². The Hall–Kier alpha value is -3.89. The highest BCUT2D eigenvalue weighted by Gasteiger charge is 2.27. The fraction of sp³-hybridized carbons (Fsp3) is 0.190. The van der Waals surface area contributed by atoms with Crippen LogP contribution in [-0.4, -0.2) is 33.0 Å². The van der Waals surface area contributed by atoms with E-state index < -0.39 is 36.5 Å². The summed E-state index contributed by atoms with van der Waals surface area (Å²) in [6.45, 7) is -2.10. The van der Waals surface area contributed by atoms with Crippen molar-refractivity contribution < 1.29 is 22.4 Å². The van der Waals surface area contributed by atoms with Gasteiger partial charge in [-0.3, -0.25) is 14.3 Å². The lowest BCUT2D eigenvalue weighted by atomic mass is 10.1. The maximum Gasteiger partial charge on any atom is 0.405 e. The Morgan fingerprint density at radius 3 is 2.66 bits per heavy atom. The number of rotatable bonds is 5. The van der Waals surface area contributed by atoms with Crippen LogP contribution in [0.2, 0.25) is 0 Å². The van der Waals surface area contributed by atoms with Gasteiger partial charge in [0.2, 0.25) is 5.91 Å². The summed E-state index contributed by atoms with van der Waals surface area (Å²) in [5.74, 6) is -1.55. The first-order valence-corrected chi connectivity index (χ1v) is 9.46. The molecule has 0 aliphatic heterocycles. The van der Waals surface area contributed by atoms with Gasteiger partial charge in [-0.1, -0.05) is 0 Å². The van der Waals surface area contributed by atoms with E-state index in [1.807, 2.05) is 6.07 Å². The third kappa shape index (κ3) is 4.41.